The Morgan fingerprint density at radius 1 is 0.944 bits per heavy atom. The summed E-state index contributed by atoms with van der Waals surface area (Å²) in [6, 6.07) is 14.4. The number of benzene rings is 3. The summed E-state index contributed by atoms with van der Waals surface area (Å²) in [7, 11) is 2.97. The molecule has 0 aromatic heterocycles. The highest BCUT2D eigenvalue weighted by molar-refractivity contribution is 9.10. The Balaban J connectivity index is 1.69. The number of esters is 1. The third kappa shape index (κ3) is 7.13. The third-order valence-electron chi connectivity index (χ3n) is 4.74. The molecule has 0 aliphatic rings. The SMILES string of the molecule is COc1ccc(C(=O)Oc2ccc(Br)cc2/C=N\NC(=O)[C@H](C)Oc2ccc(Cl)cc2Cl)cc1OC. The number of nitrogens with zero attached hydrogens (tertiary/aromatic N) is 1. The molecule has 0 saturated carbocycles. The number of hydrogen-bond donors (Lipinski definition) is 1. The van der Waals surface area contributed by atoms with Crippen LogP contribution < -0.4 is 24.4 Å². The number of rotatable bonds is 9. The second kappa shape index (κ2) is 12.6. The Kier molecular flexibility index (Phi) is 9.58. The lowest BCUT2D eigenvalue weighted by Gasteiger charge is -2.14. The molecule has 0 aliphatic carbocycles. The van der Waals surface area contributed by atoms with Crippen LogP contribution in [0.15, 0.2) is 64.2 Å². The molecule has 1 N–H and O–H groups in total. The van der Waals surface area contributed by atoms with Crippen LogP contribution >= 0.6 is 39.1 Å². The second-order valence-corrected chi connectivity index (χ2v) is 8.97. The Labute approximate surface area is 226 Å². The fraction of sp³-hybridized carbons (Fsp3) is 0.160. The van der Waals surface area contributed by atoms with E-state index in [0.29, 0.717) is 27.8 Å². The van der Waals surface area contributed by atoms with E-state index in [1.807, 2.05) is 0 Å². The van der Waals surface area contributed by atoms with E-state index in [-0.39, 0.29) is 16.3 Å². The van der Waals surface area contributed by atoms with Crippen LogP contribution in [-0.4, -0.2) is 38.4 Å². The zero-order chi connectivity index (χ0) is 26.2. The quantitative estimate of drug-likeness (QED) is 0.143. The van der Waals surface area contributed by atoms with Gasteiger partial charge in [-0.05, 0) is 61.5 Å². The lowest BCUT2D eigenvalue weighted by atomic mass is 10.2. The van der Waals surface area contributed by atoms with Crippen molar-refractivity contribution in [3.05, 3.63) is 80.2 Å². The lowest BCUT2D eigenvalue weighted by molar-refractivity contribution is -0.127. The number of methoxy groups -OCH3 is 2. The van der Waals surface area contributed by atoms with Crippen LogP contribution in [-0.2, 0) is 4.79 Å². The largest absolute Gasteiger partial charge is 0.493 e. The molecule has 0 saturated heterocycles. The van der Waals surface area contributed by atoms with Gasteiger partial charge in [-0.25, -0.2) is 10.2 Å². The van der Waals surface area contributed by atoms with Crippen molar-refractivity contribution in [2.45, 2.75) is 13.0 Å². The van der Waals surface area contributed by atoms with Gasteiger partial charge in [-0.2, -0.15) is 5.10 Å². The van der Waals surface area contributed by atoms with Crippen LogP contribution in [0, 0.1) is 0 Å². The van der Waals surface area contributed by atoms with Crippen LogP contribution in [0.2, 0.25) is 10.0 Å². The van der Waals surface area contributed by atoms with Gasteiger partial charge in [-0.3, -0.25) is 4.79 Å². The van der Waals surface area contributed by atoms with E-state index in [1.165, 1.54) is 32.6 Å². The molecule has 11 heteroatoms. The summed E-state index contributed by atoms with van der Waals surface area (Å²) in [4.78, 5) is 25.1. The zero-order valence-electron chi connectivity index (χ0n) is 19.4. The van der Waals surface area contributed by atoms with Gasteiger partial charge < -0.3 is 18.9 Å². The Morgan fingerprint density at radius 3 is 2.33 bits per heavy atom. The predicted molar refractivity (Wildman–Crippen MR) is 141 cm³/mol. The molecular weight excluding hydrogens is 575 g/mol. The fourth-order valence-corrected chi connectivity index (χ4v) is 3.74. The number of nitrogens with one attached hydrogen (secondary N) is 1. The molecule has 188 valence electrons. The Bertz CT molecular complexity index is 1300. The molecule has 0 bridgehead atoms. The molecular formula is C25H21BrCl2N2O6. The van der Waals surface area contributed by atoms with Crippen LogP contribution in [0.5, 0.6) is 23.0 Å². The van der Waals surface area contributed by atoms with Crippen LogP contribution in [0.3, 0.4) is 0 Å². The molecule has 0 fully saturated rings. The van der Waals surface area contributed by atoms with Crippen molar-refractivity contribution in [1.29, 1.82) is 0 Å². The van der Waals surface area contributed by atoms with Crippen LogP contribution in [0.4, 0.5) is 0 Å². The van der Waals surface area contributed by atoms with E-state index < -0.39 is 18.0 Å². The molecule has 1 atom stereocenters. The van der Waals surface area contributed by atoms with Gasteiger partial charge in [0.2, 0.25) is 0 Å². The topological polar surface area (TPSA) is 95.5 Å². The van der Waals surface area contributed by atoms with Gasteiger partial charge in [0, 0.05) is 15.1 Å². The minimum Gasteiger partial charge on any atom is -0.493 e. The van der Waals surface area contributed by atoms with Gasteiger partial charge in [0.25, 0.3) is 5.91 Å². The first-order valence-corrected chi connectivity index (χ1v) is 11.9. The molecule has 0 heterocycles. The molecule has 3 aromatic carbocycles. The summed E-state index contributed by atoms with van der Waals surface area (Å²) in [5.74, 6) is 0.286. The molecule has 0 radical (unpaired) electrons. The van der Waals surface area contributed by atoms with Crippen LogP contribution in [0.25, 0.3) is 0 Å². The number of hydrogen-bond acceptors (Lipinski definition) is 7. The summed E-state index contributed by atoms with van der Waals surface area (Å²) in [5, 5.41) is 4.69. The fourth-order valence-electron chi connectivity index (χ4n) is 2.91. The van der Waals surface area contributed by atoms with Crippen molar-refractivity contribution in [2.24, 2.45) is 5.10 Å². The van der Waals surface area contributed by atoms with Gasteiger partial charge in [0.15, 0.2) is 17.6 Å². The second-order valence-electron chi connectivity index (χ2n) is 7.21. The van der Waals surface area contributed by atoms with Gasteiger partial charge in [-0.15, -0.1) is 0 Å². The average Bonchev–Trinajstić information content (AvgIpc) is 2.86. The van der Waals surface area contributed by atoms with E-state index in [9.17, 15) is 9.59 Å². The molecule has 0 spiro atoms. The summed E-state index contributed by atoms with van der Waals surface area (Å²) < 4.78 is 22.3. The van der Waals surface area contributed by atoms with E-state index >= 15 is 0 Å². The number of amides is 1. The van der Waals surface area contributed by atoms with Crippen molar-refractivity contribution >= 4 is 57.2 Å². The van der Waals surface area contributed by atoms with Crippen molar-refractivity contribution in [3.8, 4) is 23.0 Å². The highest BCUT2D eigenvalue weighted by atomic mass is 79.9. The number of hydrazone groups is 1. The van der Waals surface area contributed by atoms with E-state index in [2.05, 4.69) is 26.5 Å². The van der Waals surface area contributed by atoms with E-state index in [0.717, 1.165) is 4.47 Å². The molecule has 0 aliphatic heterocycles. The molecule has 3 aromatic rings. The van der Waals surface area contributed by atoms with Gasteiger partial charge in [0.05, 0.1) is 31.0 Å². The summed E-state index contributed by atoms with van der Waals surface area (Å²) in [6.45, 7) is 1.55. The van der Waals surface area contributed by atoms with Crippen molar-refractivity contribution in [3.63, 3.8) is 0 Å². The maximum atomic E-state index is 12.7. The summed E-state index contributed by atoms with van der Waals surface area (Å²) in [5.41, 5.74) is 3.09. The molecule has 0 unspecified atom stereocenters. The minimum atomic E-state index is -0.898. The first-order chi connectivity index (χ1) is 17.2. The van der Waals surface area contributed by atoms with Gasteiger partial charge in [-0.1, -0.05) is 39.1 Å². The number of carbonyl (C=O) groups is 2. The average molecular weight is 596 g/mol. The Hall–Kier alpha value is -3.27. The number of ether oxygens (including phenoxy) is 4. The maximum Gasteiger partial charge on any atom is 0.343 e. The third-order valence-corrected chi connectivity index (χ3v) is 5.76. The van der Waals surface area contributed by atoms with Crippen molar-refractivity contribution < 1.29 is 28.5 Å². The molecule has 36 heavy (non-hydrogen) atoms. The van der Waals surface area contributed by atoms with Crippen molar-refractivity contribution in [2.75, 3.05) is 14.2 Å². The zero-order valence-corrected chi connectivity index (χ0v) is 22.5. The number of halogens is 3. The van der Waals surface area contributed by atoms with E-state index in [1.54, 1.807) is 49.4 Å². The van der Waals surface area contributed by atoms with Crippen molar-refractivity contribution in [1.82, 2.24) is 5.43 Å². The molecule has 8 nitrogen and oxygen atoms in total. The number of carbonyl (C=O) groups excluding carboxylic acids is 2. The minimum absolute atomic E-state index is 0.230. The summed E-state index contributed by atoms with van der Waals surface area (Å²) >= 11 is 15.3. The predicted octanol–water partition coefficient (Wildman–Crippen LogP) is 5.91. The maximum absolute atomic E-state index is 12.7. The van der Waals surface area contributed by atoms with E-state index in [4.69, 9.17) is 42.1 Å². The molecule has 1 amide bonds. The Morgan fingerprint density at radius 2 is 1.64 bits per heavy atom. The summed E-state index contributed by atoms with van der Waals surface area (Å²) in [6.07, 6.45) is 0.452. The first kappa shape index (κ1) is 27.3. The molecule has 3 rings (SSSR count). The highest BCUT2D eigenvalue weighted by Crippen LogP contribution is 2.30. The lowest BCUT2D eigenvalue weighted by Crippen LogP contribution is -2.33. The standard InChI is InChI=1S/C25H21BrCl2N2O6/c1-14(35-21-9-6-18(27)12-19(21)28)24(31)30-29-13-16-10-17(26)5-8-20(16)36-25(32)15-4-7-22(33-2)23(11-15)34-3/h4-14H,1-3H3,(H,30,31)/b29-13-/t14-/m0/s1. The van der Waals surface area contributed by atoms with Crippen LogP contribution in [0.1, 0.15) is 22.8 Å². The monoisotopic (exact) mass is 594 g/mol. The van der Waals surface area contributed by atoms with Gasteiger partial charge >= 0.3 is 5.97 Å². The normalized spacial score (nSPS) is 11.6. The van der Waals surface area contributed by atoms with Gasteiger partial charge in [0.1, 0.15) is 11.5 Å². The first-order valence-electron chi connectivity index (χ1n) is 10.4. The highest BCUT2D eigenvalue weighted by Gasteiger charge is 2.17. The smallest absolute Gasteiger partial charge is 0.343 e.